The van der Waals surface area contributed by atoms with Gasteiger partial charge >= 0.3 is 6.61 Å². The number of nitrogens with zero attached hydrogens (tertiary/aromatic N) is 2. The highest BCUT2D eigenvalue weighted by molar-refractivity contribution is 5.54. The summed E-state index contributed by atoms with van der Waals surface area (Å²) < 4.78 is 29.4. The SMILES string of the molecule is FC(F)Oc1ccc2c(c1)CCCC2NCc1cnc(-c2ccccc2)nc1. The summed E-state index contributed by atoms with van der Waals surface area (Å²) >= 11 is 0. The summed E-state index contributed by atoms with van der Waals surface area (Å²) in [6.07, 6.45) is 6.57. The van der Waals surface area contributed by atoms with Crippen molar-refractivity contribution in [1.82, 2.24) is 15.3 Å². The summed E-state index contributed by atoms with van der Waals surface area (Å²) in [4.78, 5) is 8.91. The van der Waals surface area contributed by atoms with Gasteiger partial charge in [-0.3, -0.25) is 0 Å². The standard InChI is InChI=1S/C22H21F2N3O/c23-22(24)28-18-9-10-19-17(11-18)7-4-8-20(19)25-12-15-13-26-21(27-14-15)16-5-2-1-3-6-16/h1-3,5-6,9-11,13-14,20,22,25H,4,7-8,12H2. The fraction of sp³-hybridized carbons (Fsp3) is 0.273. The van der Waals surface area contributed by atoms with Gasteiger partial charge in [0.1, 0.15) is 5.75 Å². The molecule has 0 aliphatic heterocycles. The van der Waals surface area contributed by atoms with Crippen LogP contribution < -0.4 is 10.1 Å². The number of aryl methyl sites for hydroxylation is 1. The fourth-order valence-electron chi connectivity index (χ4n) is 3.60. The first-order valence-corrected chi connectivity index (χ1v) is 9.36. The van der Waals surface area contributed by atoms with Gasteiger partial charge in [0, 0.05) is 36.1 Å². The molecule has 144 valence electrons. The molecule has 0 saturated carbocycles. The molecule has 4 rings (SSSR count). The van der Waals surface area contributed by atoms with Gasteiger partial charge in [0.25, 0.3) is 0 Å². The number of hydrogen-bond acceptors (Lipinski definition) is 4. The van der Waals surface area contributed by atoms with Crippen LogP contribution in [-0.2, 0) is 13.0 Å². The smallest absolute Gasteiger partial charge is 0.387 e. The number of fused-ring (bicyclic) bond motifs is 1. The quantitative estimate of drug-likeness (QED) is 0.659. The number of alkyl halides is 2. The number of aromatic nitrogens is 2. The Kier molecular flexibility index (Phi) is 5.58. The molecule has 3 aromatic rings. The van der Waals surface area contributed by atoms with Crippen molar-refractivity contribution in [1.29, 1.82) is 0 Å². The molecule has 6 heteroatoms. The van der Waals surface area contributed by atoms with E-state index in [0.717, 1.165) is 41.5 Å². The Hall–Kier alpha value is -2.86. The minimum Gasteiger partial charge on any atom is -0.435 e. The van der Waals surface area contributed by atoms with E-state index in [9.17, 15) is 8.78 Å². The van der Waals surface area contributed by atoms with Gasteiger partial charge in [-0.15, -0.1) is 0 Å². The molecule has 1 heterocycles. The lowest BCUT2D eigenvalue weighted by molar-refractivity contribution is -0.0499. The van der Waals surface area contributed by atoms with Crippen molar-refractivity contribution in [3.8, 4) is 17.1 Å². The lowest BCUT2D eigenvalue weighted by Crippen LogP contribution is -2.25. The van der Waals surface area contributed by atoms with Crippen molar-refractivity contribution in [2.45, 2.75) is 38.5 Å². The second-order valence-corrected chi connectivity index (χ2v) is 6.85. The zero-order valence-corrected chi connectivity index (χ0v) is 15.3. The topological polar surface area (TPSA) is 47.0 Å². The summed E-state index contributed by atoms with van der Waals surface area (Å²) in [6, 6.07) is 15.3. The van der Waals surface area contributed by atoms with Crippen molar-refractivity contribution >= 4 is 0 Å². The third-order valence-corrected chi connectivity index (χ3v) is 4.94. The molecule has 1 aliphatic carbocycles. The van der Waals surface area contributed by atoms with Crippen LogP contribution >= 0.6 is 0 Å². The number of ether oxygens (including phenoxy) is 1. The Morgan fingerprint density at radius 1 is 1.07 bits per heavy atom. The van der Waals surface area contributed by atoms with Crippen molar-refractivity contribution in [3.63, 3.8) is 0 Å². The lowest BCUT2D eigenvalue weighted by atomic mass is 9.87. The van der Waals surface area contributed by atoms with Crippen LogP contribution in [0.5, 0.6) is 5.75 Å². The number of benzene rings is 2. The summed E-state index contributed by atoms with van der Waals surface area (Å²) in [5.74, 6) is 0.929. The second-order valence-electron chi connectivity index (χ2n) is 6.85. The maximum atomic E-state index is 12.4. The van der Waals surface area contributed by atoms with Crippen LogP contribution in [0.15, 0.2) is 60.9 Å². The minimum atomic E-state index is -2.80. The Balaban J connectivity index is 1.42. The van der Waals surface area contributed by atoms with E-state index in [2.05, 4.69) is 20.0 Å². The van der Waals surface area contributed by atoms with Gasteiger partial charge in [0.2, 0.25) is 0 Å². The Morgan fingerprint density at radius 3 is 2.61 bits per heavy atom. The molecule has 1 aromatic heterocycles. The van der Waals surface area contributed by atoms with E-state index in [1.54, 1.807) is 12.1 Å². The van der Waals surface area contributed by atoms with Gasteiger partial charge in [0.15, 0.2) is 5.82 Å². The highest BCUT2D eigenvalue weighted by atomic mass is 19.3. The van der Waals surface area contributed by atoms with E-state index in [1.807, 2.05) is 48.8 Å². The molecule has 1 aliphatic rings. The highest BCUT2D eigenvalue weighted by Crippen LogP contribution is 2.32. The molecule has 4 nitrogen and oxygen atoms in total. The third-order valence-electron chi connectivity index (χ3n) is 4.94. The Morgan fingerprint density at radius 2 is 1.86 bits per heavy atom. The summed E-state index contributed by atoms with van der Waals surface area (Å²) in [7, 11) is 0. The summed E-state index contributed by atoms with van der Waals surface area (Å²) in [5.41, 5.74) is 4.21. The predicted molar refractivity (Wildman–Crippen MR) is 103 cm³/mol. The Bertz CT molecular complexity index is 917. The molecule has 0 radical (unpaired) electrons. The van der Waals surface area contributed by atoms with Gasteiger partial charge in [0.05, 0.1) is 0 Å². The minimum absolute atomic E-state index is 0.179. The van der Waals surface area contributed by atoms with Crippen LogP contribution in [0.25, 0.3) is 11.4 Å². The van der Waals surface area contributed by atoms with E-state index in [4.69, 9.17) is 0 Å². The van der Waals surface area contributed by atoms with Crippen LogP contribution in [0.2, 0.25) is 0 Å². The van der Waals surface area contributed by atoms with Crippen LogP contribution in [0.4, 0.5) is 8.78 Å². The molecule has 0 spiro atoms. The van der Waals surface area contributed by atoms with Gasteiger partial charge in [-0.2, -0.15) is 8.78 Å². The van der Waals surface area contributed by atoms with E-state index < -0.39 is 6.61 Å². The molecular formula is C22H21F2N3O. The molecule has 0 fully saturated rings. The third kappa shape index (κ3) is 4.34. The number of halogens is 2. The maximum Gasteiger partial charge on any atom is 0.387 e. The molecule has 1 N–H and O–H groups in total. The van der Waals surface area contributed by atoms with E-state index in [1.165, 1.54) is 0 Å². The molecule has 0 saturated heterocycles. The first kappa shape index (κ1) is 18.5. The van der Waals surface area contributed by atoms with Gasteiger partial charge in [-0.1, -0.05) is 36.4 Å². The fourth-order valence-corrected chi connectivity index (χ4v) is 3.60. The molecule has 2 aromatic carbocycles. The number of nitrogens with one attached hydrogen (secondary N) is 1. The highest BCUT2D eigenvalue weighted by Gasteiger charge is 2.21. The number of rotatable bonds is 6. The summed E-state index contributed by atoms with van der Waals surface area (Å²) in [6.45, 7) is -2.15. The first-order valence-electron chi connectivity index (χ1n) is 9.36. The van der Waals surface area contributed by atoms with Crippen molar-refractivity contribution < 1.29 is 13.5 Å². The van der Waals surface area contributed by atoms with E-state index in [0.29, 0.717) is 12.4 Å². The molecule has 0 bridgehead atoms. The summed E-state index contributed by atoms with van der Waals surface area (Å²) in [5, 5.41) is 3.54. The normalized spacial score (nSPS) is 16.0. The van der Waals surface area contributed by atoms with Gasteiger partial charge < -0.3 is 10.1 Å². The largest absolute Gasteiger partial charge is 0.435 e. The van der Waals surface area contributed by atoms with Crippen LogP contribution in [0, 0.1) is 0 Å². The van der Waals surface area contributed by atoms with Crippen molar-refractivity contribution in [2.75, 3.05) is 0 Å². The molecule has 0 amide bonds. The molecular weight excluding hydrogens is 360 g/mol. The van der Waals surface area contributed by atoms with Crippen molar-refractivity contribution in [3.05, 3.63) is 77.6 Å². The predicted octanol–water partition coefficient (Wildman–Crippen LogP) is 4.91. The van der Waals surface area contributed by atoms with Crippen LogP contribution in [0.3, 0.4) is 0 Å². The molecule has 1 unspecified atom stereocenters. The Labute approximate surface area is 162 Å². The van der Waals surface area contributed by atoms with Gasteiger partial charge in [-0.25, -0.2) is 9.97 Å². The van der Waals surface area contributed by atoms with Crippen molar-refractivity contribution in [2.24, 2.45) is 0 Å². The number of hydrogen-bond donors (Lipinski definition) is 1. The molecule has 28 heavy (non-hydrogen) atoms. The maximum absolute atomic E-state index is 12.4. The van der Waals surface area contributed by atoms with Crippen LogP contribution in [-0.4, -0.2) is 16.6 Å². The lowest BCUT2D eigenvalue weighted by Gasteiger charge is -2.27. The zero-order chi connectivity index (χ0) is 19.3. The first-order chi connectivity index (χ1) is 13.7. The average Bonchev–Trinajstić information content (AvgIpc) is 2.72. The monoisotopic (exact) mass is 381 g/mol. The van der Waals surface area contributed by atoms with Gasteiger partial charge in [-0.05, 0) is 42.5 Å². The zero-order valence-electron chi connectivity index (χ0n) is 15.3. The van der Waals surface area contributed by atoms with E-state index in [-0.39, 0.29) is 11.8 Å². The average molecular weight is 381 g/mol. The van der Waals surface area contributed by atoms with E-state index >= 15 is 0 Å². The van der Waals surface area contributed by atoms with Crippen LogP contribution in [0.1, 0.15) is 35.6 Å². The molecule has 1 atom stereocenters. The second kappa shape index (κ2) is 8.44.